The van der Waals surface area contributed by atoms with Gasteiger partial charge < -0.3 is 0 Å². The number of aromatic nitrogens is 2. The van der Waals surface area contributed by atoms with Crippen LogP contribution in [0.2, 0.25) is 0 Å². The Morgan fingerprint density at radius 1 is 1.09 bits per heavy atom. The van der Waals surface area contributed by atoms with Crippen molar-refractivity contribution >= 4 is 40.5 Å². The summed E-state index contributed by atoms with van der Waals surface area (Å²) in [5, 5.41) is 15.6. The molecule has 4 rings (SSSR count). The van der Waals surface area contributed by atoms with Crippen molar-refractivity contribution in [1.82, 2.24) is 15.0 Å². The minimum atomic E-state index is -0.505. The maximum atomic E-state index is 13.1. The number of carbonyl (C=O) groups excluding carboxylic acids is 1. The Bertz CT molecular complexity index is 1420. The third-order valence-electron chi connectivity index (χ3n) is 4.58. The zero-order chi connectivity index (χ0) is 23.2. The number of non-ortho nitro benzene ring substituents is 1. The molecule has 1 aromatic heterocycles. The number of amides is 1. The first-order valence-corrected chi connectivity index (χ1v) is 10.8. The van der Waals surface area contributed by atoms with Crippen molar-refractivity contribution in [3.05, 3.63) is 105 Å². The number of carbonyl (C=O) groups is 1. The zero-order valence-electron chi connectivity index (χ0n) is 17.1. The van der Waals surface area contributed by atoms with Gasteiger partial charge >= 0.3 is 0 Å². The van der Waals surface area contributed by atoms with E-state index >= 15 is 0 Å². The molecule has 0 aliphatic heterocycles. The minimum Gasteiger partial charge on any atom is -0.272 e. The molecule has 33 heavy (non-hydrogen) atoms. The zero-order valence-corrected chi connectivity index (χ0v) is 17.9. The van der Waals surface area contributed by atoms with Crippen molar-refractivity contribution in [2.45, 2.75) is 5.16 Å². The molecule has 4 aromatic rings. The number of nitro groups is 1. The van der Waals surface area contributed by atoms with Crippen LogP contribution in [-0.2, 0) is 4.79 Å². The van der Waals surface area contributed by atoms with Crippen molar-refractivity contribution in [1.29, 1.82) is 0 Å². The van der Waals surface area contributed by atoms with Crippen LogP contribution in [0.25, 0.3) is 16.6 Å². The number of nitrogens with one attached hydrogen (secondary N) is 1. The molecule has 0 fully saturated rings. The van der Waals surface area contributed by atoms with Crippen molar-refractivity contribution in [3.63, 3.8) is 0 Å². The van der Waals surface area contributed by atoms with Crippen molar-refractivity contribution in [2.75, 3.05) is 5.75 Å². The molecule has 0 saturated carbocycles. The lowest BCUT2D eigenvalue weighted by atomic mass is 10.2. The molecular formula is C23H17N5O4S. The van der Waals surface area contributed by atoms with Crippen LogP contribution < -0.4 is 11.0 Å². The summed E-state index contributed by atoms with van der Waals surface area (Å²) in [6, 6.07) is 22.0. The van der Waals surface area contributed by atoms with Crippen LogP contribution in [0.3, 0.4) is 0 Å². The highest BCUT2D eigenvalue weighted by Crippen LogP contribution is 2.21. The third-order valence-corrected chi connectivity index (χ3v) is 5.51. The molecule has 9 nitrogen and oxygen atoms in total. The second-order valence-corrected chi connectivity index (χ2v) is 7.76. The number of nitro benzene ring substituents is 1. The maximum Gasteiger partial charge on any atom is 0.270 e. The molecule has 10 heteroatoms. The van der Waals surface area contributed by atoms with E-state index in [1.807, 2.05) is 18.2 Å². The largest absolute Gasteiger partial charge is 0.272 e. The average Bonchev–Trinajstić information content (AvgIpc) is 2.83. The fraction of sp³-hybridized carbons (Fsp3) is 0.0435. The lowest BCUT2D eigenvalue weighted by Gasteiger charge is -2.12. The summed E-state index contributed by atoms with van der Waals surface area (Å²) in [5.74, 6) is -0.451. The monoisotopic (exact) mass is 459 g/mol. The number of nitrogens with zero attached hydrogens (tertiary/aromatic N) is 4. The normalized spacial score (nSPS) is 11.0. The molecule has 164 valence electrons. The highest BCUT2D eigenvalue weighted by atomic mass is 32.2. The fourth-order valence-corrected chi connectivity index (χ4v) is 3.88. The molecule has 0 radical (unpaired) electrons. The standard InChI is InChI=1S/C23H17N5O4S/c29-21(26-24-14-16-7-6-10-18(13-16)28(31)32)15-33-23-25-20-12-5-4-11-19(20)22(30)27(23)17-8-2-1-3-9-17/h1-14H,15H2,(H,26,29)/b24-14+. The SMILES string of the molecule is O=C(CSc1nc2ccccc2c(=O)n1-c1ccccc1)N/N=C/c1cccc([N+](=O)[O-])c1. The van der Waals surface area contributed by atoms with Crippen LogP contribution in [0.1, 0.15) is 5.56 Å². The van der Waals surface area contributed by atoms with Crippen LogP contribution in [-0.4, -0.2) is 32.3 Å². The van der Waals surface area contributed by atoms with Gasteiger partial charge in [-0.15, -0.1) is 0 Å². The highest BCUT2D eigenvalue weighted by molar-refractivity contribution is 7.99. The maximum absolute atomic E-state index is 13.1. The Kier molecular flexibility index (Phi) is 6.56. The van der Waals surface area contributed by atoms with E-state index < -0.39 is 10.8 Å². The number of hydrogen-bond donors (Lipinski definition) is 1. The van der Waals surface area contributed by atoms with E-state index in [9.17, 15) is 19.7 Å². The van der Waals surface area contributed by atoms with E-state index in [4.69, 9.17) is 0 Å². The Morgan fingerprint density at radius 2 is 1.85 bits per heavy atom. The Labute approximate surface area is 191 Å². The second-order valence-electron chi connectivity index (χ2n) is 6.82. The summed E-state index contributed by atoms with van der Waals surface area (Å²) >= 11 is 1.11. The van der Waals surface area contributed by atoms with Gasteiger partial charge in [0.2, 0.25) is 0 Å². The number of hydrazone groups is 1. The molecule has 1 amide bonds. The molecule has 0 aliphatic rings. The van der Waals surface area contributed by atoms with Crippen molar-refractivity contribution in [3.8, 4) is 5.69 Å². The van der Waals surface area contributed by atoms with Crippen LogP contribution >= 0.6 is 11.8 Å². The number of thioether (sulfide) groups is 1. The molecule has 0 saturated heterocycles. The first-order chi connectivity index (χ1) is 16.0. The molecular weight excluding hydrogens is 442 g/mol. The van der Waals surface area contributed by atoms with Crippen molar-refractivity contribution in [2.24, 2.45) is 5.10 Å². The Balaban J connectivity index is 1.52. The number of rotatable bonds is 7. The summed E-state index contributed by atoms with van der Waals surface area (Å²) in [7, 11) is 0. The molecule has 0 bridgehead atoms. The van der Waals surface area contributed by atoms with Gasteiger partial charge in [-0.25, -0.2) is 10.4 Å². The Hall–Kier alpha value is -4.31. The molecule has 3 aromatic carbocycles. The predicted octanol–water partition coefficient (Wildman–Crippen LogP) is 3.54. The van der Waals surface area contributed by atoms with E-state index in [0.717, 1.165) is 11.8 Å². The minimum absolute atomic E-state index is 0.0378. The number of fused-ring (bicyclic) bond motifs is 1. The van der Waals surface area contributed by atoms with Gasteiger partial charge in [-0.05, 0) is 24.3 Å². The van der Waals surface area contributed by atoms with Crippen LogP contribution in [0.5, 0.6) is 0 Å². The summed E-state index contributed by atoms with van der Waals surface area (Å²) < 4.78 is 1.48. The van der Waals surface area contributed by atoms with Gasteiger partial charge in [-0.3, -0.25) is 24.3 Å². The average molecular weight is 459 g/mol. The number of hydrogen-bond acceptors (Lipinski definition) is 7. The van der Waals surface area contributed by atoms with E-state index in [1.165, 1.54) is 29.0 Å². The summed E-state index contributed by atoms with van der Waals surface area (Å²) in [6.45, 7) is 0. The highest BCUT2D eigenvalue weighted by Gasteiger charge is 2.14. The van der Waals surface area contributed by atoms with Crippen LogP contribution in [0.4, 0.5) is 5.69 Å². The molecule has 1 N–H and O–H groups in total. The van der Waals surface area contributed by atoms with Gasteiger partial charge in [-0.1, -0.05) is 54.2 Å². The molecule has 0 atom stereocenters. The van der Waals surface area contributed by atoms with Gasteiger partial charge in [0.25, 0.3) is 17.2 Å². The van der Waals surface area contributed by atoms with E-state index in [-0.39, 0.29) is 17.0 Å². The molecule has 1 heterocycles. The van der Waals surface area contributed by atoms with Crippen LogP contribution in [0.15, 0.2) is 93.9 Å². The van der Waals surface area contributed by atoms with Gasteiger partial charge in [-0.2, -0.15) is 5.10 Å². The topological polar surface area (TPSA) is 119 Å². The van der Waals surface area contributed by atoms with Gasteiger partial charge in [0.1, 0.15) is 0 Å². The summed E-state index contributed by atoms with van der Waals surface area (Å²) in [6.07, 6.45) is 1.32. The van der Waals surface area contributed by atoms with E-state index in [1.54, 1.807) is 42.5 Å². The van der Waals surface area contributed by atoms with Gasteiger partial charge in [0.05, 0.1) is 33.5 Å². The number of para-hydroxylation sites is 2. The first kappa shape index (κ1) is 21.9. The lowest BCUT2D eigenvalue weighted by Crippen LogP contribution is -2.24. The van der Waals surface area contributed by atoms with E-state index in [2.05, 4.69) is 15.5 Å². The lowest BCUT2D eigenvalue weighted by molar-refractivity contribution is -0.384. The smallest absolute Gasteiger partial charge is 0.270 e. The molecule has 0 aliphatic carbocycles. The second kappa shape index (κ2) is 9.88. The molecule has 0 unspecified atom stereocenters. The van der Waals surface area contributed by atoms with Crippen molar-refractivity contribution < 1.29 is 9.72 Å². The molecule has 0 spiro atoms. The quantitative estimate of drug-likeness (QED) is 0.148. The number of benzene rings is 3. The van der Waals surface area contributed by atoms with Gasteiger partial charge in [0, 0.05) is 17.7 Å². The van der Waals surface area contributed by atoms with E-state index in [0.29, 0.717) is 27.3 Å². The Morgan fingerprint density at radius 3 is 2.64 bits per heavy atom. The summed E-state index contributed by atoms with van der Waals surface area (Å²) in [5.41, 5.74) is 3.76. The third kappa shape index (κ3) is 5.13. The fourth-order valence-electron chi connectivity index (χ4n) is 3.07. The van der Waals surface area contributed by atoms with Crippen LogP contribution in [0, 0.1) is 10.1 Å². The summed E-state index contributed by atoms with van der Waals surface area (Å²) in [4.78, 5) is 40.4. The predicted molar refractivity (Wildman–Crippen MR) is 127 cm³/mol. The first-order valence-electron chi connectivity index (χ1n) is 9.79. The van der Waals surface area contributed by atoms with Gasteiger partial charge in [0.15, 0.2) is 5.16 Å².